The van der Waals surface area contributed by atoms with Gasteiger partial charge in [-0.25, -0.2) is 0 Å². The highest BCUT2D eigenvalue weighted by molar-refractivity contribution is 5.80. The number of carbonyl (C=O) groups excluding carboxylic acids is 3. The molecule has 0 radical (unpaired) electrons. The van der Waals surface area contributed by atoms with Crippen molar-refractivity contribution in [2.45, 2.75) is 116 Å². The van der Waals surface area contributed by atoms with Gasteiger partial charge in [0.25, 0.3) is 0 Å². The number of hydrogen-bond donors (Lipinski definition) is 2. The third-order valence-corrected chi connectivity index (χ3v) is 5.81. The van der Waals surface area contributed by atoms with Gasteiger partial charge in [0, 0.05) is 32.1 Å². The fraction of sp³-hybridized carbons (Fsp3) is 0.643. The second kappa shape index (κ2) is 16.7. The van der Waals surface area contributed by atoms with Gasteiger partial charge in [0.05, 0.1) is 0 Å². The average Bonchev–Trinajstić information content (AvgIpc) is 2.81. The number of unbranched alkanes of at least 4 members (excludes halogenated alkanes) is 4. The molecular formula is C28H43NO8. The molecule has 0 amide bonds. The minimum atomic E-state index is -1.74. The summed E-state index contributed by atoms with van der Waals surface area (Å²) in [5.74, 6) is -2.44. The van der Waals surface area contributed by atoms with Gasteiger partial charge in [0.2, 0.25) is 0 Å². The zero-order valence-electron chi connectivity index (χ0n) is 22.7. The van der Waals surface area contributed by atoms with E-state index >= 15 is 0 Å². The first-order valence-electron chi connectivity index (χ1n) is 13.3. The summed E-state index contributed by atoms with van der Waals surface area (Å²) in [5, 5.41) is 9.87. The van der Waals surface area contributed by atoms with E-state index in [0.29, 0.717) is 24.8 Å². The van der Waals surface area contributed by atoms with Crippen LogP contribution in [0.4, 0.5) is 0 Å². The molecule has 0 fully saturated rings. The average molecular weight is 522 g/mol. The van der Waals surface area contributed by atoms with Crippen LogP contribution in [-0.2, 0) is 30.3 Å². The largest absolute Gasteiger partial charge is 0.480 e. The van der Waals surface area contributed by atoms with Crippen molar-refractivity contribution in [2.75, 3.05) is 0 Å². The number of rotatable bonds is 18. The molecule has 3 N–H and O–H groups in total. The maximum absolute atomic E-state index is 12.4. The van der Waals surface area contributed by atoms with Crippen molar-refractivity contribution in [3.8, 4) is 11.5 Å². The summed E-state index contributed by atoms with van der Waals surface area (Å²) in [4.78, 5) is 48.6. The zero-order chi connectivity index (χ0) is 27.8. The van der Waals surface area contributed by atoms with Crippen molar-refractivity contribution in [3.05, 3.63) is 23.8 Å². The van der Waals surface area contributed by atoms with E-state index in [1.165, 1.54) is 12.1 Å². The van der Waals surface area contributed by atoms with Gasteiger partial charge in [-0.3, -0.25) is 19.2 Å². The number of nitrogens with two attached hydrogens (primary N) is 1. The van der Waals surface area contributed by atoms with E-state index in [9.17, 15) is 24.3 Å². The van der Waals surface area contributed by atoms with Crippen LogP contribution in [0.1, 0.15) is 104 Å². The highest BCUT2D eigenvalue weighted by Crippen LogP contribution is 2.31. The lowest BCUT2D eigenvalue weighted by atomic mass is 9.86. The molecule has 9 nitrogen and oxygen atoms in total. The molecule has 0 bridgehead atoms. The number of aliphatic carboxylic acids is 1. The topological polar surface area (TPSA) is 142 Å². The molecular weight excluding hydrogens is 478 g/mol. The first kappa shape index (κ1) is 32.1. The minimum absolute atomic E-state index is 0.0398. The van der Waals surface area contributed by atoms with Gasteiger partial charge in [0.1, 0.15) is 11.6 Å². The summed E-state index contributed by atoms with van der Waals surface area (Å²) in [7, 11) is 0. The van der Waals surface area contributed by atoms with Crippen LogP contribution in [0.5, 0.6) is 11.5 Å². The third kappa shape index (κ3) is 12.2. The first-order chi connectivity index (χ1) is 17.5. The highest BCUT2D eigenvalue weighted by atomic mass is 16.6. The number of benzene rings is 1. The van der Waals surface area contributed by atoms with Crippen molar-refractivity contribution in [1.82, 2.24) is 0 Å². The zero-order valence-corrected chi connectivity index (χ0v) is 22.7. The van der Waals surface area contributed by atoms with Crippen molar-refractivity contribution in [2.24, 2.45) is 5.73 Å². The number of carboxylic acids is 1. The lowest BCUT2D eigenvalue weighted by molar-refractivity contribution is -0.153. The smallest absolute Gasteiger partial charge is 0.324 e. The second-order valence-electron chi connectivity index (χ2n) is 9.54. The summed E-state index contributed by atoms with van der Waals surface area (Å²) >= 11 is 0. The van der Waals surface area contributed by atoms with Gasteiger partial charge in [-0.2, -0.15) is 0 Å². The predicted octanol–water partition coefficient (Wildman–Crippen LogP) is 5.10. The summed E-state index contributed by atoms with van der Waals surface area (Å²) in [6.07, 6.45) is 5.39. The van der Waals surface area contributed by atoms with Crippen LogP contribution in [-0.4, -0.2) is 40.6 Å². The Labute approximate surface area is 220 Å². The van der Waals surface area contributed by atoms with Crippen LogP contribution in [0.2, 0.25) is 0 Å². The van der Waals surface area contributed by atoms with E-state index in [1.807, 2.05) is 20.8 Å². The number of carboxylic acid groups (broad SMARTS) is 1. The SMILES string of the molecule is CCCCCC(=O)Oc1ccc(CC(N)(C[C@H](C)OC(=O)CCC)C(=O)O)cc1OC(=O)CCCCC. The molecule has 0 aliphatic rings. The molecule has 1 aromatic carbocycles. The lowest BCUT2D eigenvalue weighted by Gasteiger charge is -2.28. The van der Waals surface area contributed by atoms with Gasteiger partial charge >= 0.3 is 23.9 Å². The fourth-order valence-corrected chi connectivity index (χ4v) is 3.85. The number of esters is 3. The molecule has 0 aliphatic heterocycles. The fourth-order valence-electron chi connectivity index (χ4n) is 3.85. The first-order valence-corrected chi connectivity index (χ1v) is 13.3. The standard InChI is InChI=1S/C28H43NO8/c1-5-8-10-13-25(31)36-22-16-15-21(17-23(22)37-26(32)14-11-9-6-2)19-28(29,27(33)34)18-20(4)35-24(30)12-7-3/h15-17,20H,5-14,18-19,29H2,1-4H3,(H,33,34)/t20-,28?/m0/s1. The van der Waals surface area contributed by atoms with E-state index in [-0.39, 0.29) is 43.6 Å². The molecule has 1 rings (SSSR count). The Bertz CT molecular complexity index is 900. The Kier molecular flexibility index (Phi) is 14.5. The molecule has 0 saturated carbocycles. The maximum atomic E-state index is 12.4. The van der Waals surface area contributed by atoms with Crippen LogP contribution in [0, 0.1) is 0 Å². The van der Waals surface area contributed by atoms with E-state index in [2.05, 4.69) is 0 Å². The molecule has 0 aromatic heterocycles. The Hall–Kier alpha value is -2.94. The van der Waals surface area contributed by atoms with Crippen LogP contribution in [0.3, 0.4) is 0 Å². The highest BCUT2D eigenvalue weighted by Gasteiger charge is 2.37. The van der Waals surface area contributed by atoms with Crippen molar-refractivity contribution in [3.63, 3.8) is 0 Å². The number of carbonyl (C=O) groups is 4. The summed E-state index contributed by atoms with van der Waals surface area (Å²) in [5.41, 5.74) is 4.99. The summed E-state index contributed by atoms with van der Waals surface area (Å²) < 4.78 is 16.3. The number of hydrogen-bond acceptors (Lipinski definition) is 8. The maximum Gasteiger partial charge on any atom is 0.324 e. The Morgan fingerprint density at radius 3 is 1.92 bits per heavy atom. The van der Waals surface area contributed by atoms with Gasteiger partial charge < -0.3 is 25.1 Å². The normalized spacial score (nSPS) is 13.3. The third-order valence-electron chi connectivity index (χ3n) is 5.81. The van der Waals surface area contributed by atoms with E-state index in [4.69, 9.17) is 19.9 Å². The van der Waals surface area contributed by atoms with E-state index in [1.54, 1.807) is 13.0 Å². The van der Waals surface area contributed by atoms with E-state index < -0.39 is 35.5 Å². The van der Waals surface area contributed by atoms with Crippen molar-refractivity contribution < 1.29 is 38.5 Å². The Morgan fingerprint density at radius 1 is 0.838 bits per heavy atom. The van der Waals surface area contributed by atoms with Crippen LogP contribution in [0.25, 0.3) is 0 Å². The second-order valence-corrected chi connectivity index (χ2v) is 9.54. The van der Waals surface area contributed by atoms with Crippen LogP contribution in [0.15, 0.2) is 18.2 Å². The molecule has 37 heavy (non-hydrogen) atoms. The molecule has 1 aromatic rings. The van der Waals surface area contributed by atoms with Gasteiger partial charge in [-0.15, -0.1) is 0 Å². The molecule has 2 atom stereocenters. The van der Waals surface area contributed by atoms with Gasteiger partial charge in [0.15, 0.2) is 11.5 Å². The molecule has 0 aliphatic carbocycles. The molecule has 0 saturated heterocycles. The minimum Gasteiger partial charge on any atom is -0.480 e. The molecule has 208 valence electrons. The van der Waals surface area contributed by atoms with Crippen LogP contribution < -0.4 is 15.2 Å². The molecule has 0 heterocycles. The summed E-state index contributed by atoms with van der Waals surface area (Å²) in [6, 6.07) is 4.54. The molecule has 1 unspecified atom stereocenters. The van der Waals surface area contributed by atoms with Crippen molar-refractivity contribution >= 4 is 23.9 Å². The molecule has 9 heteroatoms. The Balaban J connectivity index is 3.12. The van der Waals surface area contributed by atoms with Gasteiger partial charge in [-0.1, -0.05) is 52.5 Å². The lowest BCUT2D eigenvalue weighted by Crippen LogP contribution is -2.52. The summed E-state index contributed by atoms with van der Waals surface area (Å²) in [6.45, 7) is 7.50. The number of ether oxygens (including phenoxy) is 3. The van der Waals surface area contributed by atoms with E-state index in [0.717, 1.165) is 25.7 Å². The monoisotopic (exact) mass is 521 g/mol. The van der Waals surface area contributed by atoms with Crippen LogP contribution >= 0.6 is 0 Å². The van der Waals surface area contributed by atoms with Crippen molar-refractivity contribution in [1.29, 1.82) is 0 Å². The predicted molar refractivity (Wildman–Crippen MR) is 139 cm³/mol. The molecule has 0 spiro atoms. The van der Waals surface area contributed by atoms with Gasteiger partial charge in [-0.05, 0) is 43.9 Å². The quantitative estimate of drug-likeness (QED) is 0.153. The Morgan fingerprint density at radius 2 is 1.41 bits per heavy atom.